The molecule has 21 heavy (non-hydrogen) atoms. The second kappa shape index (κ2) is 7.46. The number of carbonyl (C=O) groups is 1. The van der Waals surface area contributed by atoms with Crippen LogP contribution < -0.4 is 15.5 Å². The summed E-state index contributed by atoms with van der Waals surface area (Å²) in [6.45, 7) is 12.7. The van der Waals surface area contributed by atoms with Crippen molar-refractivity contribution in [3.8, 4) is 0 Å². The van der Waals surface area contributed by atoms with Crippen LogP contribution in [-0.2, 0) is 11.3 Å². The van der Waals surface area contributed by atoms with E-state index in [4.69, 9.17) is 0 Å². The molecule has 0 spiro atoms. The van der Waals surface area contributed by atoms with Gasteiger partial charge >= 0.3 is 0 Å². The van der Waals surface area contributed by atoms with Crippen LogP contribution in [0.3, 0.4) is 0 Å². The van der Waals surface area contributed by atoms with Crippen LogP contribution in [-0.4, -0.2) is 31.6 Å². The van der Waals surface area contributed by atoms with E-state index in [2.05, 4.69) is 68.4 Å². The van der Waals surface area contributed by atoms with Gasteiger partial charge in [0.1, 0.15) is 0 Å². The highest BCUT2D eigenvalue weighted by Gasteiger charge is 2.12. The first-order chi connectivity index (χ1) is 9.76. The van der Waals surface area contributed by atoms with Crippen LogP contribution in [0.15, 0.2) is 18.2 Å². The second-order valence-electron chi connectivity index (χ2n) is 6.40. The summed E-state index contributed by atoms with van der Waals surface area (Å²) in [5.74, 6) is 0.0352. The molecule has 0 aliphatic carbocycles. The van der Waals surface area contributed by atoms with E-state index in [0.29, 0.717) is 6.54 Å². The van der Waals surface area contributed by atoms with E-state index in [-0.39, 0.29) is 11.4 Å². The fourth-order valence-corrected chi connectivity index (χ4v) is 2.07. The van der Waals surface area contributed by atoms with Gasteiger partial charge in [0, 0.05) is 31.4 Å². The van der Waals surface area contributed by atoms with Gasteiger partial charge in [-0.2, -0.15) is 0 Å². The maximum Gasteiger partial charge on any atom is 0.239 e. The molecule has 0 unspecified atom stereocenters. The molecule has 0 aliphatic rings. The predicted molar refractivity (Wildman–Crippen MR) is 89.7 cm³/mol. The van der Waals surface area contributed by atoms with Gasteiger partial charge in [0.05, 0.1) is 6.54 Å². The molecule has 1 aromatic rings. The molecule has 4 nitrogen and oxygen atoms in total. The molecule has 4 heteroatoms. The van der Waals surface area contributed by atoms with Crippen molar-refractivity contribution in [1.82, 2.24) is 10.6 Å². The monoisotopic (exact) mass is 291 g/mol. The normalized spacial score (nSPS) is 11.3. The van der Waals surface area contributed by atoms with E-state index < -0.39 is 0 Å². The first-order valence-electron chi connectivity index (χ1n) is 7.57. The standard InChI is InChI=1S/C17H29N3O/c1-7-20(12-16(21)18-6)15-9-8-14(13(2)10-15)11-19-17(3,4)5/h8-10,19H,7,11-12H2,1-6H3,(H,18,21). The summed E-state index contributed by atoms with van der Waals surface area (Å²) in [6.07, 6.45) is 0. The molecule has 0 heterocycles. The van der Waals surface area contributed by atoms with E-state index in [1.54, 1.807) is 7.05 Å². The molecule has 0 atom stereocenters. The summed E-state index contributed by atoms with van der Waals surface area (Å²) in [4.78, 5) is 13.6. The Bertz CT molecular complexity index is 477. The first-order valence-corrected chi connectivity index (χ1v) is 7.57. The number of nitrogens with zero attached hydrogens (tertiary/aromatic N) is 1. The van der Waals surface area contributed by atoms with Crippen LogP contribution in [0.2, 0.25) is 0 Å². The van der Waals surface area contributed by atoms with Crippen molar-refractivity contribution in [3.05, 3.63) is 29.3 Å². The number of carbonyl (C=O) groups excluding carboxylic acids is 1. The summed E-state index contributed by atoms with van der Waals surface area (Å²) in [5.41, 5.74) is 3.75. The number of amides is 1. The SMILES string of the molecule is CCN(CC(=O)NC)c1ccc(CNC(C)(C)C)c(C)c1. The Morgan fingerprint density at radius 1 is 1.29 bits per heavy atom. The average molecular weight is 291 g/mol. The number of hydrogen-bond acceptors (Lipinski definition) is 3. The number of aryl methyl sites for hydroxylation is 1. The zero-order chi connectivity index (χ0) is 16.0. The summed E-state index contributed by atoms with van der Waals surface area (Å²) >= 11 is 0. The number of hydrogen-bond donors (Lipinski definition) is 2. The molecule has 1 aromatic carbocycles. The van der Waals surface area contributed by atoms with Crippen molar-refractivity contribution in [2.24, 2.45) is 0 Å². The van der Waals surface area contributed by atoms with E-state index in [1.165, 1.54) is 11.1 Å². The highest BCUT2D eigenvalue weighted by molar-refractivity contribution is 5.81. The Morgan fingerprint density at radius 2 is 1.95 bits per heavy atom. The van der Waals surface area contributed by atoms with Crippen molar-refractivity contribution in [3.63, 3.8) is 0 Å². The Hall–Kier alpha value is -1.55. The lowest BCUT2D eigenvalue weighted by atomic mass is 10.0. The van der Waals surface area contributed by atoms with Gasteiger partial charge in [-0.3, -0.25) is 4.79 Å². The maximum atomic E-state index is 11.6. The van der Waals surface area contributed by atoms with Crippen LogP contribution in [0, 0.1) is 6.92 Å². The van der Waals surface area contributed by atoms with Crippen LogP contribution in [0.25, 0.3) is 0 Å². The molecule has 0 radical (unpaired) electrons. The lowest BCUT2D eigenvalue weighted by molar-refractivity contribution is -0.119. The van der Waals surface area contributed by atoms with Gasteiger partial charge in [-0.15, -0.1) is 0 Å². The molecule has 1 amide bonds. The van der Waals surface area contributed by atoms with E-state index >= 15 is 0 Å². The number of likely N-dealkylation sites (N-methyl/N-ethyl adjacent to an activating group) is 2. The van der Waals surface area contributed by atoms with Crippen LogP contribution >= 0.6 is 0 Å². The minimum atomic E-state index is 0.0352. The summed E-state index contributed by atoms with van der Waals surface area (Å²) in [7, 11) is 1.67. The molecular formula is C17H29N3O. The molecule has 0 saturated carbocycles. The fourth-order valence-electron chi connectivity index (χ4n) is 2.07. The van der Waals surface area contributed by atoms with Gasteiger partial charge in [0.25, 0.3) is 0 Å². The average Bonchev–Trinajstić information content (AvgIpc) is 2.42. The minimum absolute atomic E-state index is 0.0352. The second-order valence-corrected chi connectivity index (χ2v) is 6.40. The molecule has 118 valence electrons. The third-order valence-corrected chi connectivity index (χ3v) is 3.50. The van der Waals surface area contributed by atoms with Gasteiger partial charge in [-0.25, -0.2) is 0 Å². The van der Waals surface area contributed by atoms with Gasteiger partial charge in [-0.1, -0.05) is 6.07 Å². The highest BCUT2D eigenvalue weighted by Crippen LogP contribution is 2.19. The Labute approximate surface area is 128 Å². The third-order valence-electron chi connectivity index (χ3n) is 3.50. The summed E-state index contributed by atoms with van der Waals surface area (Å²) in [5, 5.41) is 6.18. The van der Waals surface area contributed by atoms with Crippen molar-refractivity contribution in [2.75, 3.05) is 25.0 Å². The van der Waals surface area contributed by atoms with Crippen molar-refractivity contribution in [1.29, 1.82) is 0 Å². The first kappa shape index (κ1) is 17.5. The summed E-state index contributed by atoms with van der Waals surface area (Å²) < 4.78 is 0. The zero-order valence-electron chi connectivity index (χ0n) is 14.2. The fraction of sp³-hybridized carbons (Fsp3) is 0.588. The molecule has 0 bridgehead atoms. The van der Waals surface area contributed by atoms with Gasteiger partial charge in [-0.05, 0) is 57.9 Å². The number of rotatable bonds is 6. The molecule has 1 rings (SSSR count). The van der Waals surface area contributed by atoms with Crippen molar-refractivity contribution in [2.45, 2.75) is 46.7 Å². The molecule has 2 N–H and O–H groups in total. The maximum absolute atomic E-state index is 11.6. The number of benzene rings is 1. The molecule has 0 fully saturated rings. The highest BCUT2D eigenvalue weighted by atomic mass is 16.1. The van der Waals surface area contributed by atoms with Crippen LogP contribution in [0.4, 0.5) is 5.69 Å². The molecule has 0 saturated heterocycles. The lowest BCUT2D eigenvalue weighted by Gasteiger charge is -2.24. The minimum Gasteiger partial charge on any atom is -0.362 e. The number of anilines is 1. The lowest BCUT2D eigenvalue weighted by Crippen LogP contribution is -2.36. The molecule has 0 aliphatic heterocycles. The van der Waals surface area contributed by atoms with Crippen molar-refractivity contribution < 1.29 is 4.79 Å². The predicted octanol–water partition coefficient (Wildman–Crippen LogP) is 2.46. The summed E-state index contributed by atoms with van der Waals surface area (Å²) in [6, 6.07) is 6.40. The van der Waals surface area contributed by atoms with Gasteiger partial charge < -0.3 is 15.5 Å². The van der Waals surface area contributed by atoms with E-state index in [0.717, 1.165) is 18.8 Å². The quantitative estimate of drug-likeness (QED) is 0.846. The molecule has 0 aromatic heterocycles. The third kappa shape index (κ3) is 5.76. The topological polar surface area (TPSA) is 44.4 Å². The van der Waals surface area contributed by atoms with Crippen LogP contribution in [0.5, 0.6) is 0 Å². The Morgan fingerprint density at radius 3 is 2.43 bits per heavy atom. The number of nitrogens with one attached hydrogen (secondary N) is 2. The largest absolute Gasteiger partial charge is 0.362 e. The van der Waals surface area contributed by atoms with E-state index in [9.17, 15) is 4.79 Å². The zero-order valence-corrected chi connectivity index (χ0v) is 14.2. The van der Waals surface area contributed by atoms with E-state index in [1.807, 2.05) is 0 Å². The van der Waals surface area contributed by atoms with Gasteiger partial charge in [0.2, 0.25) is 5.91 Å². The van der Waals surface area contributed by atoms with Gasteiger partial charge in [0.15, 0.2) is 0 Å². The smallest absolute Gasteiger partial charge is 0.239 e. The Balaban J connectivity index is 2.82. The van der Waals surface area contributed by atoms with Crippen LogP contribution in [0.1, 0.15) is 38.8 Å². The molecular weight excluding hydrogens is 262 g/mol. The Kier molecular flexibility index (Phi) is 6.21. The van der Waals surface area contributed by atoms with Crippen molar-refractivity contribution >= 4 is 11.6 Å².